The summed E-state index contributed by atoms with van der Waals surface area (Å²) in [5.41, 5.74) is 14.0. The van der Waals surface area contributed by atoms with E-state index < -0.39 is 0 Å². The maximum atomic E-state index is 6.78. The van der Waals surface area contributed by atoms with Crippen LogP contribution in [0.3, 0.4) is 0 Å². The molecule has 0 saturated carbocycles. The fourth-order valence-electron chi connectivity index (χ4n) is 8.10. The minimum Gasteiger partial charge on any atom is -0.456 e. The van der Waals surface area contributed by atoms with Crippen molar-refractivity contribution < 1.29 is 8.83 Å². The standard InChI is InChI=1S/C45H31NO2/c1-45(2)33-19-9-6-16-30(33)41-34(45)20-12-21-35(41)46(36-22-13-25-40-42(36)31-17-7-10-23-38(31)47-40)37-27-26-29(28-14-4-3-5-15-28)44-43(37)32-18-8-11-24-39(32)48-44/h3-27H,1-2H3. The van der Waals surface area contributed by atoms with Crippen LogP contribution in [0.15, 0.2) is 160 Å². The lowest BCUT2D eigenvalue weighted by Gasteiger charge is -2.30. The molecule has 10 rings (SSSR count). The third-order valence-corrected chi connectivity index (χ3v) is 10.3. The summed E-state index contributed by atoms with van der Waals surface area (Å²) < 4.78 is 13.3. The van der Waals surface area contributed by atoms with Crippen LogP contribution in [0.4, 0.5) is 17.1 Å². The highest BCUT2D eigenvalue weighted by Gasteiger charge is 2.38. The minimum absolute atomic E-state index is 0.142. The predicted octanol–water partition coefficient (Wildman–Crippen LogP) is 12.9. The third kappa shape index (κ3) is 3.70. The van der Waals surface area contributed by atoms with Crippen molar-refractivity contribution >= 4 is 60.9 Å². The maximum absolute atomic E-state index is 6.78. The average Bonchev–Trinajstić information content (AvgIpc) is 3.78. The number of benzene rings is 7. The molecule has 228 valence electrons. The lowest BCUT2D eigenvalue weighted by molar-refractivity contribution is 0.660. The zero-order chi connectivity index (χ0) is 32.0. The second kappa shape index (κ2) is 9.97. The van der Waals surface area contributed by atoms with Crippen molar-refractivity contribution in [2.24, 2.45) is 0 Å². The quantitative estimate of drug-likeness (QED) is 0.197. The van der Waals surface area contributed by atoms with Gasteiger partial charge in [0.2, 0.25) is 0 Å². The van der Waals surface area contributed by atoms with Crippen LogP contribution >= 0.6 is 0 Å². The third-order valence-electron chi connectivity index (χ3n) is 10.3. The minimum atomic E-state index is -0.142. The van der Waals surface area contributed by atoms with Crippen LogP contribution in [-0.4, -0.2) is 0 Å². The summed E-state index contributed by atoms with van der Waals surface area (Å²) in [4.78, 5) is 2.46. The predicted molar refractivity (Wildman–Crippen MR) is 199 cm³/mol. The van der Waals surface area contributed by atoms with E-state index in [1.165, 1.54) is 22.3 Å². The van der Waals surface area contributed by atoms with E-state index >= 15 is 0 Å². The molecule has 0 N–H and O–H groups in total. The van der Waals surface area contributed by atoms with Crippen molar-refractivity contribution in [3.05, 3.63) is 163 Å². The number of fused-ring (bicyclic) bond motifs is 9. The molecule has 0 bridgehead atoms. The summed E-state index contributed by atoms with van der Waals surface area (Å²) in [7, 11) is 0. The van der Waals surface area contributed by atoms with Gasteiger partial charge in [0.05, 0.1) is 27.8 Å². The van der Waals surface area contributed by atoms with Crippen LogP contribution in [0, 0.1) is 0 Å². The molecule has 0 aliphatic heterocycles. The van der Waals surface area contributed by atoms with E-state index in [1.807, 2.05) is 12.1 Å². The van der Waals surface area contributed by atoms with Gasteiger partial charge < -0.3 is 13.7 Å². The zero-order valence-electron chi connectivity index (χ0n) is 26.7. The van der Waals surface area contributed by atoms with Gasteiger partial charge in [-0.05, 0) is 64.7 Å². The zero-order valence-corrected chi connectivity index (χ0v) is 26.7. The van der Waals surface area contributed by atoms with Gasteiger partial charge in [0.1, 0.15) is 22.3 Å². The van der Waals surface area contributed by atoms with E-state index in [0.717, 1.165) is 72.1 Å². The maximum Gasteiger partial charge on any atom is 0.145 e. The van der Waals surface area contributed by atoms with Gasteiger partial charge in [0, 0.05) is 27.3 Å². The molecule has 48 heavy (non-hydrogen) atoms. The van der Waals surface area contributed by atoms with Crippen molar-refractivity contribution in [3.8, 4) is 22.3 Å². The second-order valence-electron chi connectivity index (χ2n) is 13.3. The highest BCUT2D eigenvalue weighted by atomic mass is 16.3. The molecule has 9 aromatic rings. The first kappa shape index (κ1) is 27.1. The number of anilines is 3. The first-order chi connectivity index (χ1) is 23.6. The smallest absolute Gasteiger partial charge is 0.145 e. The Hall–Kier alpha value is -6.06. The highest BCUT2D eigenvalue weighted by Crippen LogP contribution is 2.56. The molecule has 0 saturated heterocycles. The molecule has 7 aromatic carbocycles. The van der Waals surface area contributed by atoms with Gasteiger partial charge in [-0.15, -0.1) is 0 Å². The highest BCUT2D eigenvalue weighted by molar-refractivity contribution is 6.20. The van der Waals surface area contributed by atoms with Gasteiger partial charge in [-0.25, -0.2) is 0 Å². The SMILES string of the molecule is CC1(C)c2ccccc2-c2c(N(c3cccc4oc5ccccc5c34)c3ccc(-c4ccccc4)c4oc5ccccc5c34)cccc21. The Balaban J connectivity index is 1.37. The molecular weight excluding hydrogens is 587 g/mol. The molecule has 2 aromatic heterocycles. The molecule has 1 aliphatic carbocycles. The number of hydrogen-bond donors (Lipinski definition) is 0. The lowest BCUT2D eigenvalue weighted by Crippen LogP contribution is -2.16. The molecule has 0 amide bonds. The van der Waals surface area contributed by atoms with Crippen LogP contribution in [0.1, 0.15) is 25.0 Å². The summed E-state index contributed by atoms with van der Waals surface area (Å²) in [5, 5.41) is 4.35. The summed E-state index contributed by atoms with van der Waals surface area (Å²) in [6, 6.07) is 53.9. The summed E-state index contributed by atoms with van der Waals surface area (Å²) in [5.74, 6) is 0. The fourth-order valence-corrected chi connectivity index (χ4v) is 8.10. The van der Waals surface area contributed by atoms with Crippen molar-refractivity contribution in [2.75, 3.05) is 4.90 Å². The Morgan fingerprint density at radius 3 is 1.88 bits per heavy atom. The number of nitrogens with zero attached hydrogens (tertiary/aromatic N) is 1. The van der Waals surface area contributed by atoms with Gasteiger partial charge in [0.15, 0.2) is 0 Å². The molecule has 0 atom stereocenters. The van der Waals surface area contributed by atoms with E-state index in [0.29, 0.717) is 0 Å². The van der Waals surface area contributed by atoms with E-state index in [4.69, 9.17) is 8.83 Å². The number of para-hydroxylation sites is 2. The molecule has 0 fully saturated rings. The Morgan fingerprint density at radius 1 is 0.438 bits per heavy atom. The van der Waals surface area contributed by atoms with Crippen LogP contribution in [0.25, 0.3) is 66.1 Å². The average molecular weight is 618 g/mol. The van der Waals surface area contributed by atoms with Crippen LogP contribution in [0.2, 0.25) is 0 Å². The van der Waals surface area contributed by atoms with Crippen LogP contribution in [0.5, 0.6) is 0 Å². The number of hydrogen-bond acceptors (Lipinski definition) is 3. The Kier molecular flexibility index (Phi) is 5.63. The van der Waals surface area contributed by atoms with Crippen molar-refractivity contribution in [1.82, 2.24) is 0 Å². The van der Waals surface area contributed by atoms with Crippen molar-refractivity contribution in [3.63, 3.8) is 0 Å². The Morgan fingerprint density at radius 2 is 1.04 bits per heavy atom. The van der Waals surface area contributed by atoms with Gasteiger partial charge in [-0.3, -0.25) is 0 Å². The molecule has 0 spiro atoms. The monoisotopic (exact) mass is 617 g/mol. The molecule has 3 heteroatoms. The molecule has 3 nitrogen and oxygen atoms in total. The number of furan rings is 2. The Labute approximate surface area is 278 Å². The van der Waals surface area contributed by atoms with Gasteiger partial charge in [-0.1, -0.05) is 123 Å². The fraction of sp³-hybridized carbons (Fsp3) is 0.0667. The first-order valence-corrected chi connectivity index (χ1v) is 16.5. The van der Waals surface area contributed by atoms with Crippen molar-refractivity contribution in [1.29, 1.82) is 0 Å². The van der Waals surface area contributed by atoms with Crippen LogP contribution in [-0.2, 0) is 5.41 Å². The summed E-state index contributed by atoms with van der Waals surface area (Å²) in [6.45, 7) is 4.68. The lowest BCUT2D eigenvalue weighted by atomic mass is 9.82. The molecule has 1 aliphatic rings. The van der Waals surface area contributed by atoms with E-state index in [2.05, 4.69) is 158 Å². The normalized spacial score (nSPS) is 13.4. The second-order valence-corrected chi connectivity index (χ2v) is 13.3. The van der Waals surface area contributed by atoms with Gasteiger partial charge >= 0.3 is 0 Å². The topological polar surface area (TPSA) is 29.5 Å². The van der Waals surface area contributed by atoms with Crippen LogP contribution < -0.4 is 4.90 Å². The van der Waals surface area contributed by atoms with Crippen molar-refractivity contribution in [2.45, 2.75) is 19.3 Å². The molecule has 2 heterocycles. The summed E-state index contributed by atoms with van der Waals surface area (Å²) in [6.07, 6.45) is 0. The number of rotatable bonds is 4. The first-order valence-electron chi connectivity index (χ1n) is 16.5. The van der Waals surface area contributed by atoms with Gasteiger partial charge in [0.25, 0.3) is 0 Å². The molecule has 0 unspecified atom stereocenters. The molecule has 0 radical (unpaired) electrons. The molecular formula is C45H31NO2. The van der Waals surface area contributed by atoms with Gasteiger partial charge in [-0.2, -0.15) is 0 Å². The summed E-state index contributed by atoms with van der Waals surface area (Å²) >= 11 is 0. The Bertz CT molecular complexity index is 2710. The largest absolute Gasteiger partial charge is 0.456 e. The van der Waals surface area contributed by atoms with E-state index in [1.54, 1.807) is 0 Å². The van der Waals surface area contributed by atoms with E-state index in [-0.39, 0.29) is 5.41 Å². The van der Waals surface area contributed by atoms with E-state index in [9.17, 15) is 0 Å².